The van der Waals surface area contributed by atoms with Crippen molar-refractivity contribution in [1.82, 2.24) is 15.3 Å². The second-order valence-electron chi connectivity index (χ2n) is 6.53. The fourth-order valence-corrected chi connectivity index (χ4v) is 4.08. The summed E-state index contributed by atoms with van der Waals surface area (Å²) in [5, 5.41) is 5.99. The standard InChI is InChI=1S/C21H20N4O2S/c26-20-8-11-28-18-7-6-15(12-17(18)24-20)21(27)25-16(13-19-22-9-10-23-19)14-4-2-1-3-5-14/h1-7,9-10,12,16H,8,11,13H2,(H,22,23)(H,24,26)(H,25,27)/t16-/m1/s1. The molecule has 1 atom stereocenters. The lowest BCUT2D eigenvalue weighted by Crippen LogP contribution is -2.30. The van der Waals surface area contributed by atoms with E-state index in [9.17, 15) is 9.59 Å². The number of nitrogens with one attached hydrogen (secondary N) is 3. The topological polar surface area (TPSA) is 86.9 Å². The Balaban J connectivity index is 1.57. The van der Waals surface area contributed by atoms with E-state index >= 15 is 0 Å². The molecule has 0 saturated carbocycles. The zero-order chi connectivity index (χ0) is 19.3. The molecule has 1 aromatic heterocycles. The number of hydrogen-bond acceptors (Lipinski definition) is 4. The van der Waals surface area contributed by atoms with Crippen molar-refractivity contribution in [2.45, 2.75) is 23.8 Å². The molecule has 2 amide bonds. The third-order valence-corrected chi connectivity index (χ3v) is 5.64. The Morgan fingerprint density at radius 3 is 2.86 bits per heavy atom. The summed E-state index contributed by atoms with van der Waals surface area (Å²) in [6, 6.07) is 15.0. The van der Waals surface area contributed by atoms with Crippen LogP contribution in [0.3, 0.4) is 0 Å². The third kappa shape index (κ3) is 4.26. The molecule has 2 heterocycles. The zero-order valence-electron chi connectivity index (χ0n) is 15.1. The smallest absolute Gasteiger partial charge is 0.251 e. The summed E-state index contributed by atoms with van der Waals surface area (Å²) in [6.07, 6.45) is 4.50. The molecule has 3 N–H and O–H groups in total. The van der Waals surface area contributed by atoms with E-state index in [1.165, 1.54) is 0 Å². The summed E-state index contributed by atoms with van der Waals surface area (Å²) < 4.78 is 0. The van der Waals surface area contributed by atoms with Gasteiger partial charge in [0.1, 0.15) is 5.82 Å². The van der Waals surface area contributed by atoms with Crippen molar-refractivity contribution in [3.8, 4) is 0 Å². The van der Waals surface area contributed by atoms with E-state index in [1.54, 1.807) is 36.3 Å². The molecular weight excluding hydrogens is 372 g/mol. The van der Waals surface area contributed by atoms with Gasteiger partial charge in [-0.1, -0.05) is 30.3 Å². The highest BCUT2D eigenvalue weighted by Crippen LogP contribution is 2.31. The van der Waals surface area contributed by atoms with Crippen LogP contribution in [-0.2, 0) is 11.2 Å². The number of imidazole rings is 1. The number of fused-ring (bicyclic) bond motifs is 1. The molecule has 0 aliphatic carbocycles. The summed E-state index contributed by atoms with van der Waals surface area (Å²) in [7, 11) is 0. The number of carbonyl (C=O) groups excluding carboxylic acids is 2. The number of benzene rings is 2. The van der Waals surface area contributed by atoms with Gasteiger partial charge < -0.3 is 15.6 Å². The molecular formula is C21H20N4O2S. The number of carbonyl (C=O) groups is 2. The minimum absolute atomic E-state index is 0.0243. The lowest BCUT2D eigenvalue weighted by molar-refractivity contribution is -0.115. The van der Waals surface area contributed by atoms with Crippen LogP contribution < -0.4 is 10.6 Å². The SMILES string of the molecule is O=C1CCSc2ccc(C(=O)N[C@H](Cc3ncc[nH]3)c3ccccc3)cc2N1. The van der Waals surface area contributed by atoms with Crippen LogP contribution in [0.4, 0.5) is 5.69 Å². The van der Waals surface area contributed by atoms with Crippen molar-refractivity contribution in [3.63, 3.8) is 0 Å². The average Bonchev–Trinajstić information content (AvgIpc) is 3.15. The van der Waals surface area contributed by atoms with Crippen LogP contribution in [0, 0.1) is 0 Å². The first kappa shape index (κ1) is 18.3. The highest BCUT2D eigenvalue weighted by Gasteiger charge is 2.20. The fraction of sp³-hybridized carbons (Fsp3) is 0.190. The third-order valence-electron chi connectivity index (χ3n) is 4.56. The molecule has 7 heteroatoms. The molecule has 4 rings (SSSR count). The first-order valence-corrected chi connectivity index (χ1v) is 10.1. The molecule has 1 aliphatic heterocycles. The van der Waals surface area contributed by atoms with Gasteiger partial charge in [-0.25, -0.2) is 4.98 Å². The summed E-state index contributed by atoms with van der Waals surface area (Å²) in [4.78, 5) is 33.1. The van der Waals surface area contributed by atoms with E-state index in [1.807, 2.05) is 36.4 Å². The Morgan fingerprint density at radius 2 is 2.07 bits per heavy atom. The molecule has 0 unspecified atom stereocenters. The predicted molar refractivity (Wildman–Crippen MR) is 109 cm³/mol. The van der Waals surface area contributed by atoms with Crippen LogP contribution in [0.15, 0.2) is 65.8 Å². The maximum Gasteiger partial charge on any atom is 0.251 e. The number of hydrogen-bond donors (Lipinski definition) is 3. The first-order valence-electron chi connectivity index (χ1n) is 9.10. The van der Waals surface area contributed by atoms with Gasteiger partial charge in [-0.15, -0.1) is 11.8 Å². The van der Waals surface area contributed by atoms with E-state index < -0.39 is 0 Å². The number of rotatable bonds is 5. The van der Waals surface area contributed by atoms with Gasteiger partial charge in [-0.2, -0.15) is 0 Å². The first-order chi connectivity index (χ1) is 13.7. The highest BCUT2D eigenvalue weighted by molar-refractivity contribution is 7.99. The van der Waals surface area contributed by atoms with Crippen molar-refractivity contribution < 1.29 is 9.59 Å². The normalized spacial score (nSPS) is 14.5. The quantitative estimate of drug-likeness (QED) is 0.620. The van der Waals surface area contributed by atoms with Crippen molar-refractivity contribution in [1.29, 1.82) is 0 Å². The van der Waals surface area contributed by atoms with Crippen molar-refractivity contribution in [2.24, 2.45) is 0 Å². The van der Waals surface area contributed by atoms with E-state index in [0.29, 0.717) is 24.1 Å². The Hall–Kier alpha value is -3.06. The molecule has 0 bridgehead atoms. The Labute approximate surface area is 167 Å². The van der Waals surface area contributed by atoms with Gasteiger partial charge in [0.15, 0.2) is 0 Å². The summed E-state index contributed by atoms with van der Waals surface area (Å²) in [5.74, 6) is 1.33. The molecule has 6 nitrogen and oxygen atoms in total. The van der Waals surface area contributed by atoms with E-state index in [4.69, 9.17) is 0 Å². The summed E-state index contributed by atoms with van der Waals surface area (Å²) >= 11 is 1.62. The fourth-order valence-electron chi connectivity index (χ4n) is 3.14. The predicted octanol–water partition coefficient (Wildman–Crippen LogP) is 3.56. The van der Waals surface area contributed by atoms with Crippen LogP contribution in [0.25, 0.3) is 0 Å². The minimum atomic E-state index is -0.220. The largest absolute Gasteiger partial charge is 0.349 e. The maximum absolute atomic E-state index is 12.9. The van der Waals surface area contributed by atoms with Gasteiger partial charge in [0, 0.05) is 41.4 Å². The van der Waals surface area contributed by atoms with Crippen LogP contribution >= 0.6 is 11.8 Å². The van der Waals surface area contributed by atoms with Crippen LogP contribution in [-0.4, -0.2) is 27.5 Å². The lowest BCUT2D eigenvalue weighted by Gasteiger charge is -2.19. The minimum Gasteiger partial charge on any atom is -0.349 e. The molecule has 0 spiro atoms. The van der Waals surface area contributed by atoms with Gasteiger partial charge in [0.2, 0.25) is 5.91 Å². The molecule has 3 aromatic rings. The van der Waals surface area contributed by atoms with Crippen molar-refractivity contribution in [3.05, 3.63) is 77.9 Å². The Kier molecular flexibility index (Phi) is 5.43. The molecule has 142 valence electrons. The van der Waals surface area contributed by atoms with Crippen LogP contribution in [0.2, 0.25) is 0 Å². The van der Waals surface area contributed by atoms with Gasteiger partial charge in [-0.3, -0.25) is 9.59 Å². The Bertz CT molecular complexity index is 973. The summed E-state index contributed by atoms with van der Waals surface area (Å²) in [6.45, 7) is 0. The van der Waals surface area contributed by atoms with Gasteiger partial charge in [0.25, 0.3) is 5.91 Å². The number of nitrogens with zero attached hydrogens (tertiary/aromatic N) is 1. The molecule has 1 aliphatic rings. The summed E-state index contributed by atoms with van der Waals surface area (Å²) in [5.41, 5.74) is 2.22. The Morgan fingerprint density at radius 1 is 1.21 bits per heavy atom. The van der Waals surface area contributed by atoms with Crippen molar-refractivity contribution in [2.75, 3.05) is 11.1 Å². The number of aromatic amines is 1. The number of H-pyrrole nitrogens is 1. The van der Waals surface area contributed by atoms with E-state index in [0.717, 1.165) is 22.0 Å². The van der Waals surface area contributed by atoms with Gasteiger partial charge >= 0.3 is 0 Å². The average molecular weight is 392 g/mol. The molecule has 2 aromatic carbocycles. The number of aromatic nitrogens is 2. The molecule has 0 fully saturated rings. The van der Waals surface area contributed by atoms with Gasteiger partial charge in [0.05, 0.1) is 11.7 Å². The maximum atomic E-state index is 12.9. The monoisotopic (exact) mass is 392 g/mol. The zero-order valence-corrected chi connectivity index (χ0v) is 16.0. The van der Waals surface area contributed by atoms with Crippen LogP contribution in [0.1, 0.15) is 34.2 Å². The number of anilines is 1. The molecule has 28 heavy (non-hydrogen) atoms. The highest BCUT2D eigenvalue weighted by atomic mass is 32.2. The second kappa shape index (κ2) is 8.31. The molecule has 0 radical (unpaired) electrons. The molecule has 0 saturated heterocycles. The number of amides is 2. The lowest BCUT2D eigenvalue weighted by atomic mass is 10.0. The van der Waals surface area contributed by atoms with Crippen LogP contribution in [0.5, 0.6) is 0 Å². The van der Waals surface area contributed by atoms with E-state index in [-0.39, 0.29) is 17.9 Å². The number of thioether (sulfide) groups is 1. The van der Waals surface area contributed by atoms with Gasteiger partial charge in [-0.05, 0) is 23.8 Å². The second-order valence-corrected chi connectivity index (χ2v) is 7.67. The van der Waals surface area contributed by atoms with E-state index in [2.05, 4.69) is 20.6 Å². The van der Waals surface area contributed by atoms with Crippen molar-refractivity contribution >= 4 is 29.3 Å².